The Labute approximate surface area is 139 Å². The fourth-order valence-electron chi connectivity index (χ4n) is 4.06. The molecule has 0 aromatic heterocycles. The molecule has 3 fully saturated rings. The lowest BCUT2D eigenvalue weighted by Crippen LogP contribution is -2.55. The standard InChI is InChI=1S/C17H29N4O2/c22-16(14-4-2-1-3-5-14)19-17(23)21-12-10-20(11-13-21)15-6-8-18-9-7-15/h14-15,18H,1-13H2. The van der Waals surface area contributed by atoms with Gasteiger partial charge in [-0.15, -0.1) is 0 Å². The van der Waals surface area contributed by atoms with Gasteiger partial charge in [0.05, 0.1) is 0 Å². The van der Waals surface area contributed by atoms with E-state index < -0.39 is 0 Å². The minimum absolute atomic E-state index is 0.0104. The molecule has 1 saturated carbocycles. The molecule has 6 heteroatoms. The van der Waals surface area contributed by atoms with Gasteiger partial charge in [0.15, 0.2) is 0 Å². The normalized spacial score (nSPS) is 25.3. The molecular weight excluding hydrogens is 292 g/mol. The molecule has 3 amide bonds. The number of hydrogen-bond donors (Lipinski definition) is 1. The van der Waals surface area contributed by atoms with Gasteiger partial charge < -0.3 is 10.2 Å². The minimum atomic E-state index is -0.314. The van der Waals surface area contributed by atoms with Crippen LogP contribution in [0.5, 0.6) is 0 Å². The third-order valence-corrected chi connectivity index (χ3v) is 5.57. The summed E-state index contributed by atoms with van der Waals surface area (Å²) in [6.45, 7) is 5.39. The van der Waals surface area contributed by atoms with Crippen molar-refractivity contribution in [3.05, 3.63) is 0 Å². The average Bonchev–Trinajstić information content (AvgIpc) is 2.63. The highest BCUT2D eigenvalue weighted by molar-refractivity contribution is 5.95. The summed E-state index contributed by atoms with van der Waals surface area (Å²) in [4.78, 5) is 28.6. The predicted molar refractivity (Wildman–Crippen MR) is 88.1 cm³/mol. The van der Waals surface area contributed by atoms with Gasteiger partial charge in [0.1, 0.15) is 0 Å². The van der Waals surface area contributed by atoms with E-state index in [1.807, 2.05) is 0 Å². The van der Waals surface area contributed by atoms with Crippen molar-refractivity contribution in [1.82, 2.24) is 20.4 Å². The van der Waals surface area contributed by atoms with Crippen LogP contribution in [0, 0.1) is 5.92 Å². The maximum atomic E-state index is 12.2. The molecular formula is C17H29N4O2. The van der Waals surface area contributed by atoms with Crippen LogP contribution < -0.4 is 10.6 Å². The quantitative estimate of drug-likeness (QED) is 0.829. The lowest BCUT2D eigenvalue weighted by atomic mass is 9.89. The molecule has 1 aliphatic carbocycles. The van der Waals surface area contributed by atoms with E-state index >= 15 is 0 Å². The van der Waals surface area contributed by atoms with E-state index in [9.17, 15) is 9.59 Å². The van der Waals surface area contributed by atoms with Gasteiger partial charge in [0.2, 0.25) is 0 Å². The second kappa shape index (κ2) is 8.11. The molecule has 0 aromatic carbocycles. The van der Waals surface area contributed by atoms with Crippen molar-refractivity contribution in [2.75, 3.05) is 39.3 Å². The van der Waals surface area contributed by atoms with Crippen LogP contribution in [-0.2, 0) is 4.79 Å². The number of imide groups is 1. The second-order valence-electron chi connectivity index (χ2n) is 7.07. The van der Waals surface area contributed by atoms with Crippen molar-refractivity contribution < 1.29 is 9.59 Å². The summed E-state index contributed by atoms with van der Waals surface area (Å²) in [6, 6.07) is 0.333. The number of amides is 3. The number of piperazine rings is 1. The van der Waals surface area contributed by atoms with Crippen molar-refractivity contribution in [3.8, 4) is 0 Å². The summed E-state index contributed by atoms with van der Waals surface area (Å²) in [5.74, 6) is -0.195. The monoisotopic (exact) mass is 321 g/mol. The number of urea groups is 1. The summed E-state index contributed by atoms with van der Waals surface area (Å²) in [5.41, 5.74) is 0. The van der Waals surface area contributed by atoms with Crippen LogP contribution in [0.2, 0.25) is 0 Å². The molecule has 2 heterocycles. The van der Waals surface area contributed by atoms with E-state index in [2.05, 4.69) is 15.5 Å². The SMILES string of the molecule is O=C([N]C(=O)N1CCN(C2CCNCC2)CC1)C1CCCCC1. The maximum Gasteiger partial charge on any atom is 0.346 e. The Hall–Kier alpha value is -1.14. The highest BCUT2D eigenvalue weighted by Gasteiger charge is 2.30. The van der Waals surface area contributed by atoms with Crippen LogP contribution in [-0.4, -0.2) is 67.0 Å². The van der Waals surface area contributed by atoms with Crippen LogP contribution in [0.4, 0.5) is 4.79 Å². The lowest BCUT2D eigenvalue weighted by Gasteiger charge is -2.40. The number of piperidine rings is 1. The fourth-order valence-corrected chi connectivity index (χ4v) is 4.06. The van der Waals surface area contributed by atoms with Crippen molar-refractivity contribution in [3.63, 3.8) is 0 Å². The van der Waals surface area contributed by atoms with Crippen molar-refractivity contribution in [1.29, 1.82) is 0 Å². The van der Waals surface area contributed by atoms with Gasteiger partial charge >= 0.3 is 6.03 Å². The molecule has 1 radical (unpaired) electrons. The number of hydrogen-bond acceptors (Lipinski definition) is 4. The molecule has 129 valence electrons. The molecule has 1 N–H and O–H groups in total. The van der Waals surface area contributed by atoms with Gasteiger partial charge in [-0.3, -0.25) is 9.69 Å². The van der Waals surface area contributed by atoms with Crippen LogP contribution >= 0.6 is 0 Å². The largest absolute Gasteiger partial charge is 0.346 e. The highest BCUT2D eigenvalue weighted by atomic mass is 16.2. The molecule has 6 nitrogen and oxygen atoms in total. The van der Waals surface area contributed by atoms with E-state index in [0.717, 1.165) is 51.9 Å². The first-order chi connectivity index (χ1) is 11.2. The smallest absolute Gasteiger partial charge is 0.320 e. The van der Waals surface area contributed by atoms with Crippen LogP contribution in [0.15, 0.2) is 0 Å². The van der Waals surface area contributed by atoms with Crippen molar-refractivity contribution in [2.24, 2.45) is 5.92 Å². The maximum absolute atomic E-state index is 12.2. The number of nitrogens with zero attached hydrogens (tertiary/aromatic N) is 3. The van der Waals surface area contributed by atoms with Gasteiger partial charge in [0, 0.05) is 38.1 Å². The Bertz CT molecular complexity index is 409. The summed E-state index contributed by atoms with van der Waals surface area (Å²) in [6.07, 6.45) is 7.58. The molecule has 2 aliphatic heterocycles. The highest BCUT2D eigenvalue weighted by Crippen LogP contribution is 2.24. The molecule has 3 rings (SSSR count). The first-order valence-corrected chi connectivity index (χ1v) is 9.23. The van der Waals surface area contributed by atoms with E-state index in [1.165, 1.54) is 19.3 Å². The Morgan fingerprint density at radius 3 is 2.17 bits per heavy atom. The van der Waals surface area contributed by atoms with Crippen molar-refractivity contribution >= 4 is 11.9 Å². The zero-order chi connectivity index (χ0) is 16.1. The fraction of sp³-hybridized carbons (Fsp3) is 0.882. The molecule has 0 unspecified atom stereocenters. The first kappa shape index (κ1) is 16.7. The average molecular weight is 321 g/mol. The van der Waals surface area contributed by atoms with Gasteiger partial charge in [-0.05, 0) is 38.8 Å². The zero-order valence-electron chi connectivity index (χ0n) is 14.0. The molecule has 23 heavy (non-hydrogen) atoms. The molecule has 0 spiro atoms. The number of rotatable bonds is 2. The Balaban J connectivity index is 1.41. The van der Waals surface area contributed by atoms with Crippen LogP contribution in [0.25, 0.3) is 0 Å². The van der Waals surface area contributed by atoms with Crippen molar-refractivity contribution in [2.45, 2.75) is 51.0 Å². The predicted octanol–water partition coefficient (Wildman–Crippen LogP) is 1.19. The number of carbonyl (C=O) groups excluding carboxylic acids is 2. The molecule has 0 aromatic rings. The summed E-state index contributed by atoms with van der Waals surface area (Å²) < 4.78 is 0. The van der Waals surface area contributed by atoms with E-state index in [0.29, 0.717) is 19.1 Å². The summed E-state index contributed by atoms with van der Waals surface area (Å²) in [7, 11) is 0. The zero-order valence-corrected chi connectivity index (χ0v) is 14.0. The van der Waals surface area contributed by atoms with E-state index in [-0.39, 0.29) is 17.9 Å². The summed E-state index contributed by atoms with van der Waals surface area (Å²) >= 11 is 0. The van der Waals surface area contributed by atoms with Gasteiger partial charge in [-0.25, -0.2) is 4.79 Å². The molecule has 2 saturated heterocycles. The van der Waals surface area contributed by atoms with Gasteiger partial charge in [-0.2, -0.15) is 5.32 Å². The molecule has 3 aliphatic rings. The van der Waals surface area contributed by atoms with E-state index in [4.69, 9.17) is 0 Å². The van der Waals surface area contributed by atoms with Crippen LogP contribution in [0.3, 0.4) is 0 Å². The topological polar surface area (TPSA) is 66.8 Å². The van der Waals surface area contributed by atoms with Crippen LogP contribution in [0.1, 0.15) is 44.9 Å². The molecule has 0 bridgehead atoms. The molecule has 0 atom stereocenters. The number of nitrogens with one attached hydrogen (secondary N) is 1. The Morgan fingerprint density at radius 2 is 1.52 bits per heavy atom. The Morgan fingerprint density at radius 1 is 0.870 bits per heavy atom. The Kier molecular flexibility index (Phi) is 5.89. The van der Waals surface area contributed by atoms with E-state index in [1.54, 1.807) is 4.90 Å². The first-order valence-electron chi connectivity index (χ1n) is 9.23. The third kappa shape index (κ3) is 4.44. The lowest BCUT2D eigenvalue weighted by molar-refractivity contribution is -0.125. The third-order valence-electron chi connectivity index (χ3n) is 5.57. The minimum Gasteiger partial charge on any atom is -0.320 e. The summed E-state index contributed by atoms with van der Waals surface area (Å²) in [5, 5.41) is 7.27. The second-order valence-corrected chi connectivity index (χ2v) is 7.07. The number of carbonyl (C=O) groups is 2. The van der Waals surface area contributed by atoms with Gasteiger partial charge in [0.25, 0.3) is 5.91 Å². The van der Waals surface area contributed by atoms with Gasteiger partial charge in [-0.1, -0.05) is 19.3 Å².